The highest BCUT2D eigenvalue weighted by atomic mass is 35.5. The van der Waals surface area contributed by atoms with Crippen molar-refractivity contribution in [1.29, 1.82) is 0 Å². The molecular weight excluding hydrogens is 414 g/mol. The summed E-state index contributed by atoms with van der Waals surface area (Å²) in [5.74, 6) is 0. The number of sulfone groups is 1. The minimum absolute atomic E-state index is 0.112. The highest BCUT2D eigenvalue weighted by molar-refractivity contribution is 7.90. The van der Waals surface area contributed by atoms with Crippen LogP contribution < -0.4 is 4.74 Å². The van der Waals surface area contributed by atoms with E-state index in [1.807, 2.05) is 10.6 Å². The van der Waals surface area contributed by atoms with E-state index >= 15 is 0 Å². The molecule has 2 heterocycles. The first kappa shape index (κ1) is 21.5. The van der Waals surface area contributed by atoms with Crippen molar-refractivity contribution in [3.05, 3.63) is 35.5 Å². The van der Waals surface area contributed by atoms with Crippen molar-refractivity contribution in [2.24, 2.45) is 0 Å². The molecule has 0 aliphatic heterocycles. The average molecular weight is 438 g/mol. The molecular formula is C20H24ClN3O4S. The van der Waals surface area contributed by atoms with E-state index in [2.05, 4.69) is 16.9 Å². The van der Waals surface area contributed by atoms with Crippen LogP contribution in [0.1, 0.15) is 25.8 Å². The molecule has 0 aliphatic rings. The number of halogens is 1. The maximum Gasteiger partial charge on any atom is 0.298 e. The molecule has 1 atom stereocenters. The van der Waals surface area contributed by atoms with Gasteiger partial charge in [-0.3, -0.25) is 4.57 Å². The van der Waals surface area contributed by atoms with Crippen LogP contribution >= 0.6 is 11.6 Å². The zero-order valence-electron chi connectivity index (χ0n) is 16.8. The Hall–Kier alpha value is -2.16. The molecule has 0 radical (unpaired) electrons. The number of hydrogen-bond acceptors (Lipinski definition) is 6. The Bertz CT molecular complexity index is 1130. The second kappa shape index (κ2) is 8.69. The fourth-order valence-corrected chi connectivity index (χ4v) is 4.37. The first-order valence-electron chi connectivity index (χ1n) is 9.21. The SMILES string of the molecule is CCC(CCOC)n1c(OC)nc2c(-c3ccc(S(C)(=O)=O)cc3Cl)ccnc21. The molecule has 0 aliphatic carbocycles. The molecule has 1 aromatic carbocycles. The van der Waals surface area contributed by atoms with Gasteiger partial charge in [0.25, 0.3) is 6.01 Å². The molecule has 0 fully saturated rings. The lowest BCUT2D eigenvalue weighted by Crippen LogP contribution is -2.12. The number of methoxy groups -OCH3 is 2. The Kier molecular flexibility index (Phi) is 6.45. The second-order valence-electron chi connectivity index (χ2n) is 6.76. The van der Waals surface area contributed by atoms with Crippen LogP contribution in [0.15, 0.2) is 35.4 Å². The van der Waals surface area contributed by atoms with Crippen LogP contribution in [-0.2, 0) is 14.6 Å². The van der Waals surface area contributed by atoms with E-state index in [0.717, 1.165) is 24.7 Å². The Balaban J connectivity index is 2.19. The quantitative estimate of drug-likeness (QED) is 0.526. The zero-order valence-corrected chi connectivity index (χ0v) is 18.4. The maximum atomic E-state index is 11.8. The number of fused-ring (bicyclic) bond motifs is 1. The Morgan fingerprint density at radius 3 is 2.55 bits per heavy atom. The van der Waals surface area contributed by atoms with E-state index in [4.69, 9.17) is 21.1 Å². The van der Waals surface area contributed by atoms with E-state index < -0.39 is 9.84 Å². The van der Waals surface area contributed by atoms with Crippen LogP contribution in [0.2, 0.25) is 5.02 Å². The summed E-state index contributed by atoms with van der Waals surface area (Å²) >= 11 is 6.44. The van der Waals surface area contributed by atoms with Gasteiger partial charge in [0.1, 0.15) is 5.52 Å². The van der Waals surface area contributed by atoms with Crippen LogP contribution in [0.5, 0.6) is 6.01 Å². The smallest absolute Gasteiger partial charge is 0.298 e. The summed E-state index contributed by atoms with van der Waals surface area (Å²) in [5.41, 5.74) is 2.78. The van der Waals surface area contributed by atoms with Crippen LogP contribution in [0, 0.1) is 0 Å². The standard InChI is InChI=1S/C20H24ClN3O4S/c1-5-13(9-11-27-2)24-19-18(23-20(24)28-3)16(8-10-22-19)15-7-6-14(12-17(15)21)29(4,25)26/h6-8,10,12-13H,5,9,11H2,1-4H3. The fourth-order valence-electron chi connectivity index (χ4n) is 3.37. The van der Waals surface area contributed by atoms with Gasteiger partial charge in [-0.25, -0.2) is 13.4 Å². The van der Waals surface area contributed by atoms with E-state index in [9.17, 15) is 8.42 Å². The van der Waals surface area contributed by atoms with Crippen molar-refractivity contribution in [3.8, 4) is 17.1 Å². The minimum atomic E-state index is -3.35. The third kappa shape index (κ3) is 4.24. The number of hydrogen-bond donors (Lipinski definition) is 0. The zero-order chi connectivity index (χ0) is 21.2. The summed E-state index contributed by atoms with van der Waals surface area (Å²) in [6.45, 7) is 2.70. The number of aromatic nitrogens is 3. The molecule has 2 aromatic heterocycles. The highest BCUT2D eigenvalue weighted by Gasteiger charge is 2.23. The predicted molar refractivity (Wildman–Crippen MR) is 113 cm³/mol. The van der Waals surface area contributed by atoms with Crippen LogP contribution in [-0.4, -0.2) is 50.0 Å². The Morgan fingerprint density at radius 2 is 1.97 bits per heavy atom. The van der Waals surface area contributed by atoms with Gasteiger partial charge in [-0.1, -0.05) is 24.6 Å². The molecule has 0 saturated carbocycles. The van der Waals surface area contributed by atoms with E-state index in [1.54, 1.807) is 32.5 Å². The van der Waals surface area contributed by atoms with Gasteiger partial charge in [0.15, 0.2) is 15.5 Å². The predicted octanol–water partition coefficient (Wildman–Crippen LogP) is 4.15. The molecule has 7 nitrogen and oxygen atoms in total. The number of rotatable bonds is 8. The van der Waals surface area contributed by atoms with E-state index in [0.29, 0.717) is 34.4 Å². The molecule has 29 heavy (non-hydrogen) atoms. The fraction of sp³-hybridized carbons (Fsp3) is 0.400. The number of nitrogens with zero attached hydrogens (tertiary/aromatic N) is 3. The lowest BCUT2D eigenvalue weighted by Gasteiger charge is -2.18. The van der Waals surface area contributed by atoms with E-state index in [1.165, 1.54) is 6.07 Å². The first-order chi connectivity index (χ1) is 13.8. The van der Waals surface area contributed by atoms with Gasteiger partial charge in [0.2, 0.25) is 0 Å². The maximum absolute atomic E-state index is 11.8. The average Bonchev–Trinajstić information content (AvgIpc) is 3.07. The van der Waals surface area contributed by atoms with Crippen molar-refractivity contribution in [3.63, 3.8) is 0 Å². The van der Waals surface area contributed by atoms with E-state index in [-0.39, 0.29) is 10.9 Å². The summed E-state index contributed by atoms with van der Waals surface area (Å²) in [6, 6.07) is 7.09. The Morgan fingerprint density at radius 1 is 1.21 bits per heavy atom. The number of pyridine rings is 1. The van der Waals surface area contributed by atoms with Crippen LogP contribution in [0.3, 0.4) is 0 Å². The number of imidazole rings is 1. The minimum Gasteiger partial charge on any atom is -0.468 e. The third-order valence-corrected chi connectivity index (χ3v) is 6.30. The molecule has 0 saturated heterocycles. The van der Waals surface area contributed by atoms with Gasteiger partial charge in [0, 0.05) is 48.4 Å². The van der Waals surface area contributed by atoms with Crippen LogP contribution in [0.25, 0.3) is 22.3 Å². The molecule has 3 aromatic rings. The number of benzene rings is 1. The van der Waals surface area contributed by atoms with Crippen molar-refractivity contribution in [2.45, 2.75) is 30.7 Å². The molecule has 3 rings (SSSR count). The molecule has 0 N–H and O–H groups in total. The summed E-state index contributed by atoms with van der Waals surface area (Å²) < 4.78 is 36.4. The molecule has 1 unspecified atom stereocenters. The van der Waals surface area contributed by atoms with Crippen molar-refractivity contribution in [1.82, 2.24) is 14.5 Å². The monoisotopic (exact) mass is 437 g/mol. The van der Waals surface area contributed by atoms with Crippen LogP contribution in [0.4, 0.5) is 0 Å². The normalized spacial score (nSPS) is 13.0. The molecule has 0 amide bonds. The molecule has 0 bridgehead atoms. The summed E-state index contributed by atoms with van der Waals surface area (Å²) in [5, 5.41) is 0.334. The molecule has 9 heteroatoms. The van der Waals surface area contributed by atoms with Gasteiger partial charge >= 0.3 is 0 Å². The van der Waals surface area contributed by atoms with Gasteiger partial charge in [-0.2, -0.15) is 4.98 Å². The van der Waals surface area contributed by atoms with Gasteiger partial charge in [-0.15, -0.1) is 0 Å². The van der Waals surface area contributed by atoms with Gasteiger partial charge < -0.3 is 9.47 Å². The largest absolute Gasteiger partial charge is 0.468 e. The lowest BCUT2D eigenvalue weighted by atomic mass is 10.1. The Labute approximate surface area is 175 Å². The summed E-state index contributed by atoms with van der Waals surface area (Å²) in [6.07, 6.45) is 4.50. The lowest BCUT2D eigenvalue weighted by molar-refractivity contribution is 0.175. The molecule has 0 spiro atoms. The first-order valence-corrected chi connectivity index (χ1v) is 11.5. The third-order valence-electron chi connectivity index (χ3n) is 4.88. The van der Waals surface area contributed by atoms with Crippen molar-refractivity contribution >= 4 is 32.6 Å². The second-order valence-corrected chi connectivity index (χ2v) is 9.18. The number of ether oxygens (including phenoxy) is 2. The highest BCUT2D eigenvalue weighted by Crippen LogP contribution is 2.37. The molecule has 156 valence electrons. The summed E-state index contributed by atoms with van der Waals surface area (Å²) in [4.78, 5) is 9.37. The van der Waals surface area contributed by atoms with Gasteiger partial charge in [0.05, 0.1) is 12.0 Å². The topological polar surface area (TPSA) is 83.3 Å². The van der Waals surface area contributed by atoms with Crippen molar-refractivity contribution in [2.75, 3.05) is 27.1 Å². The van der Waals surface area contributed by atoms with Gasteiger partial charge in [-0.05, 0) is 31.0 Å². The van der Waals surface area contributed by atoms with Crippen molar-refractivity contribution < 1.29 is 17.9 Å². The summed E-state index contributed by atoms with van der Waals surface area (Å²) in [7, 11) is -0.0924.